The lowest BCUT2D eigenvalue weighted by molar-refractivity contribution is 0.379. The summed E-state index contributed by atoms with van der Waals surface area (Å²) in [5.41, 5.74) is 6.60. The summed E-state index contributed by atoms with van der Waals surface area (Å²) in [6.45, 7) is 5.39. The Hall–Kier alpha value is -0.770. The lowest BCUT2D eigenvalue weighted by atomic mass is 10.1. The Bertz CT molecular complexity index is 353. The van der Waals surface area contributed by atoms with Crippen LogP contribution in [0, 0.1) is 0 Å². The number of rotatable bonds is 5. The first kappa shape index (κ1) is 13.3. The minimum absolute atomic E-state index is 0.0900. The highest BCUT2D eigenvalue weighted by Crippen LogP contribution is 2.22. The molecule has 0 bridgehead atoms. The molecule has 0 heterocycles. The standard InChI is InChI=1S/C12H19ClN2O/c1-12(2,8-14)15-7-9-6-10(13)4-5-11(9)16-3/h4-6,15H,7-8,14H2,1-3H3. The maximum Gasteiger partial charge on any atom is 0.123 e. The molecule has 0 aliphatic heterocycles. The van der Waals surface area contributed by atoms with E-state index in [0.29, 0.717) is 18.1 Å². The van der Waals surface area contributed by atoms with Crippen molar-refractivity contribution < 1.29 is 4.74 Å². The average molecular weight is 243 g/mol. The number of hydrogen-bond acceptors (Lipinski definition) is 3. The molecule has 0 aliphatic carbocycles. The van der Waals surface area contributed by atoms with E-state index < -0.39 is 0 Å². The molecule has 1 aromatic carbocycles. The Morgan fingerprint density at radius 2 is 2.12 bits per heavy atom. The molecule has 0 radical (unpaired) electrons. The van der Waals surface area contributed by atoms with Crippen molar-refractivity contribution in [2.45, 2.75) is 25.9 Å². The second-order valence-corrected chi connectivity index (χ2v) is 4.83. The summed E-state index contributed by atoms with van der Waals surface area (Å²) in [4.78, 5) is 0. The van der Waals surface area contributed by atoms with Crippen molar-refractivity contribution in [1.82, 2.24) is 5.32 Å². The predicted octanol–water partition coefficient (Wildman–Crippen LogP) is 2.18. The zero-order valence-corrected chi connectivity index (χ0v) is 10.8. The van der Waals surface area contributed by atoms with Crippen LogP contribution in [0.5, 0.6) is 5.75 Å². The monoisotopic (exact) mass is 242 g/mol. The molecule has 0 spiro atoms. The number of halogens is 1. The number of ether oxygens (including phenoxy) is 1. The molecular formula is C12H19ClN2O. The fourth-order valence-electron chi connectivity index (χ4n) is 1.29. The van der Waals surface area contributed by atoms with Crippen molar-refractivity contribution >= 4 is 11.6 Å². The van der Waals surface area contributed by atoms with Gasteiger partial charge in [-0.1, -0.05) is 11.6 Å². The molecule has 3 nitrogen and oxygen atoms in total. The summed E-state index contributed by atoms with van der Waals surface area (Å²) < 4.78 is 5.27. The van der Waals surface area contributed by atoms with Crippen molar-refractivity contribution in [3.05, 3.63) is 28.8 Å². The molecule has 1 aromatic rings. The predicted molar refractivity (Wildman–Crippen MR) is 68.0 cm³/mol. The lowest BCUT2D eigenvalue weighted by Crippen LogP contribution is -2.45. The Morgan fingerprint density at radius 1 is 1.44 bits per heavy atom. The van der Waals surface area contributed by atoms with E-state index in [1.807, 2.05) is 18.2 Å². The molecule has 90 valence electrons. The maximum absolute atomic E-state index is 5.95. The highest BCUT2D eigenvalue weighted by Gasteiger charge is 2.15. The first-order valence-corrected chi connectivity index (χ1v) is 5.64. The quantitative estimate of drug-likeness (QED) is 0.832. The second kappa shape index (κ2) is 5.53. The van der Waals surface area contributed by atoms with Crippen LogP contribution in [-0.4, -0.2) is 19.2 Å². The van der Waals surface area contributed by atoms with Gasteiger partial charge in [0.1, 0.15) is 5.75 Å². The first-order chi connectivity index (χ1) is 7.48. The number of methoxy groups -OCH3 is 1. The van der Waals surface area contributed by atoms with Crippen LogP contribution in [0.1, 0.15) is 19.4 Å². The molecule has 3 N–H and O–H groups in total. The molecular weight excluding hydrogens is 224 g/mol. The molecule has 1 rings (SSSR count). The number of nitrogens with two attached hydrogens (primary N) is 1. The zero-order chi connectivity index (χ0) is 12.2. The minimum Gasteiger partial charge on any atom is -0.496 e. The zero-order valence-electron chi connectivity index (χ0n) is 10.0. The molecule has 0 saturated heterocycles. The normalized spacial score (nSPS) is 11.6. The highest BCUT2D eigenvalue weighted by molar-refractivity contribution is 6.30. The lowest BCUT2D eigenvalue weighted by Gasteiger charge is -2.24. The molecule has 0 aliphatic rings. The summed E-state index contributed by atoms with van der Waals surface area (Å²) in [5.74, 6) is 0.838. The van der Waals surface area contributed by atoms with Crippen LogP contribution in [0.4, 0.5) is 0 Å². The third-order valence-electron chi connectivity index (χ3n) is 2.51. The molecule has 0 atom stereocenters. The van der Waals surface area contributed by atoms with E-state index in [1.54, 1.807) is 7.11 Å². The Balaban J connectivity index is 2.76. The fraction of sp³-hybridized carbons (Fsp3) is 0.500. The van der Waals surface area contributed by atoms with Gasteiger partial charge in [-0.3, -0.25) is 0 Å². The van der Waals surface area contributed by atoms with Crippen molar-refractivity contribution in [3.63, 3.8) is 0 Å². The molecule has 0 saturated carbocycles. The van der Waals surface area contributed by atoms with Gasteiger partial charge in [0.05, 0.1) is 7.11 Å². The van der Waals surface area contributed by atoms with Crippen molar-refractivity contribution in [2.24, 2.45) is 5.73 Å². The van der Waals surface area contributed by atoms with E-state index in [0.717, 1.165) is 11.3 Å². The van der Waals surface area contributed by atoms with Gasteiger partial charge in [0, 0.05) is 29.2 Å². The molecule has 0 aromatic heterocycles. The molecule has 4 heteroatoms. The molecule has 0 fully saturated rings. The van der Waals surface area contributed by atoms with Gasteiger partial charge in [0.25, 0.3) is 0 Å². The van der Waals surface area contributed by atoms with Crippen molar-refractivity contribution in [1.29, 1.82) is 0 Å². The van der Waals surface area contributed by atoms with Gasteiger partial charge >= 0.3 is 0 Å². The summed E-state index contributed by atoms with van der Waals surface area (Å²) in [6.07, 6.45) is 0. The Labute approximate surface area is 102 Å². The van der Waals surface area contributed by atoms with Crippen molar-refractivity contribution in [2.75, 3.05) is 13.7 Å². The van der Waals surface area contributed by atoms with Gasteiger partial charge in [-0.25, -0.2) is 0 Å². The van der Waals surface area contributed by atoms with Gasteiger partial charge in [0.15, 0.2) is 0 Å². The molecule has 16 heavy (non-hydrogen) atoms. The summed E-state index contributed by atoms with van der Waals surface area (Å²) >= 11 is 5.95. The summed E-state index contributed by atoms with van der Waals surface area (Å²) in [7, 11) is 1.65. The van der Waals surface area contributed by atoms with E-state index >= 15 is 0 Å². The number of hydrogen-bond donors (Lipinski definition) is 2. The van der Waals surface area contributed by atoms with E-state index in [-0.39, 0.29) is 5.54 Å². The van der Waals surface area contributed by atoms with Crippen LogP contribution < -0.4 is 15.8 Å². The maximum atomic E-state index is 5.95. The van der Waals surface area contributed by atoms with Gasteiger partial charge in [-0.05, 0) is 32.0 Å². The van der Waals surface area contributed by atoms with Crippen LogP contribution in [0.3, 0.4) is 0 Å². The molecule has 0 amide bonds. The summed E-state index contributed by atoms with van der Waals surface area (Å²) in [6, 6.07) is 5.59. The van der Waals surface area contributed by atoms with Gasteiger partial charge in [-0.15, -0.1) is 0 Å². The Morgan fingerprint density at radius 3 is 2.69 bits per heavy atom. The molecule has 0 unspecified atom stereocenters. The van der Waals surface area contributed by atoms with Crippen LogP contribution in [0.25, 0.3) is 0 Å². The van der Waals surface area contributed by atoms with Crippen LogP contribution in [0.15, 0.2) is 18.2 Å². The number of nitrogens with one attached hydrogen (secondary N) is 1. The smallest absolute Gasteiger partial charge is 0.123 e. The third kappa shape index (κ3) is 3.67. The largest absolute Gasteiger partial charge is 0.496 e. The van der Waals surface area contributed by atoms with Crippen LogP contribution in [-0.2, 0) is 6.54 Å². The van der Waals surface area contributed by atoms with E-state index in [4.69, 9.17) is 22.1 Å². The van der Waals surface area contributed by atoms with E-state index in [1.165, 1.54) is 0 Å². The van der Waals surface area contributed by atoms with Gasteiger partial charge < -0.3 is 15.8 Å². The SMILES string of the molecule is COc1ccc(Cl)cc1CNC(C)(C)CN. The van der Waals surface area contributed by atoms with Crippen LogP contribution in [0.2, 0.25) is 5.02 Å². The fourth-order valence-corrected chi connectivity index (χ4v) is 1.49. The first-order valence-electron chi connectivity index (χ1n) is 5.26. The van der Waals surface area contributed by atoms with Crippen molar-refractivity contribution in [3.8, 4) is 5.75 Å². The third-order valence-corrected chi connectivity index (χ3v) is 2.75. The van der Waals surface area contributed by atoms with E-state index in [2.05, 4.69) is 19.2 Å². The minimum atomic E-state index is -0.0900. The van der Waals surface area contributed by atoms with Gasteiger partial charge in [0.2, 0.25) is 0 Å². The van der Waals surface area contributed by atoms with E-state index in [9.17, 15) is 0 Å². The number of benzene rings is 1. The second-order valence-electron chi connectivity index (χ2n) is 4.40. The topological polar surface area (TPSA) is 47.3 Å². The Kier molecular flexibility index (Phi) is 4.59. The van der Waals surface area contributed by atoms with Gasteiger partial charge in [-0.2, -0.15) is 0 Å². The average Bonchev–Trinajstić information content (AvgIpc) is 2.27. The van der Waals surface area contributed by atoms with Crippen LogP contribution >= 0.6 is 11.6 Å². The summed E-state index contributed by atoms with van der Waals surface area (Å²) in [5, 5.41) is 4.07. The highest BCUT2D eigenvalue weighted by atomic mass is 35.5.